The summed E-state index contributed by atoms with van der Waals surface area (Å²) in [5.41, 5.74) is -0.873. The quantitative estimate of drug-likeness (QED) is 0.624. The Kier molecular flexibility index (Phi) is 3.17. The predicted octanol–water partition coefficient (Wildman–Crippen LogP) is 2.34. The van der Waals surface area contributed by atoms with Crippen molar-refractivity contribution in [1.29, 1.82) is 0 Å². The van der Waals surface area contributed by atoms with E-state index in [0.29, 0.717) is 5.92 Å². The lowest BCUT2D eigenvalue weighted by molar-refractivity contribution is 0.0829. The van der Waals surface area contributed by atoms with Crippen molar-refractivity contribution in [3.05, 3.63) is 0 Å². The van der Waals surface area contributed by atoms with E-state index in [1.165, 1.54) is 32.1 Å². The van der Waals surface area contributed by atoms with Gasteiger partial charge in [0.2, 0.25) is 0 Å². The molecule has 1 fully saturated rings. The Hall–Kier alpha value is -0.480. The molecule has 0 bridgehead atoms. The maximum atomic E-state index is 9.64. The van der Waals surface area contributed by atoms with Crippen molar-refractivity contribution < 1.29 is 5.11 Å². The molecule has 0 radical (unpaired) electrons. The topological polar surface area (TPSA) is 20.2 Å². The zero-order valence-corrected chi connectivity index (χ0v) is 7.84. The van der Waals surface area contributed by atoms with Gasteiger partial charge in [0.1, 0.15) is 5.60 Å². The van der Waals surface area contributed by atoms with Crippen molar-refractivity contribution in [3.8, 4) is 12.3 Å². The number of hydrogen-bond donors (Lipinski definition) is 1. The van der Waals surface area contributed by atoms with Gasteiger partial charge in [-0.2, -0.15) is 0 Å². The van der Waals surface area contributed by atoms with Crippen LogP contribution in [0.2, 0.25) is 0 Å². The van der Waals surface area contributed by atoms with Crippen molar-refractivity contribution in [3.63, 3.8) is 0 Å². The molecule has 0 aromatic rings. The Bertz CT molecular complexity index is 170. The molecule has 0 aromatic heterocycles. The largest absolute Gasteiger partial charge is 0.378 e. The van der Waals surface area contributed by atoms with Gasteiger partial charge in [-0.25, -0.2) is 0 Å². The maximum Gasteiger partial charge on any atom is 0.122 e. The fourth-order valence-corrected chi connectivity index (χ4v) is 2.01. The first-order valence-corrected chi connectivity index (χ1v) is 4.84. The Morgan fingerprint density at radius 2 is 2.00 bits per heavy atom. The minimum atomic E-state index is -0.873. The van der Waals surface area contributed by atoms with E-state index in [9.17, 15) is 5.11 Å². The third-order valence-electron chi connectivity index (χ3n) is 2.72. The van der Waals surface area contributed by atoms with Crippen LogP contribution in [0.1, 0.15) is 45.4 Å². The van der Waals surface area contributed by atoms with Gasteiger partial charge < -0.3 is 5.11 Å². The fraction of sp³-hybridized carbons (Fsp3) is 0.818. The number of hydrogen-bond acceptors (Lipinski definition) is 1. The van der Waals surface area contributed by atoms with Crippen molar-refractivity contribution in [2.45, 2.75) is 51.0 Å². The van der Waals surface area contributed by atoms with Crippen LogP contribution in [0, 0.1) is 18.3 Å². The summed E-state index contributed by atoms with van der Waals surface area (Å²) < 4.78 is 0. The predicted molar refractivity (Wildman–Crippen MR) is 50.6 cm³/mol. The summed E-state index contributed by atoms with van der Waals surface area (Å²) in [5.74, 6) is 3.10. The normalized spacial score (nSPS) is 24.4. The van der Waals surface area contributed by atoms with E-state index in [4.69, 9.17) is 6.42 Å². The summed E-state index contributed by atoms with van der Waals surface area (Å²) in [6, 6.07) is 0. The second-order valence-corrected chi connectivity index (χ2v) is 4.13. The van der Waals surface area contributed by atoms with E-state index in [1.807, 2.05) is 0 Å². The molecule has 1 N–H and O–H groups in total. The number of rotatable bonds is 2. The molecule has 1 atom stereocenters. The van der Waals surface area contributed by atoms with Crippen LogP contribution >= 0.6 is 0 Å². The highest BCUT2D eigenvalue weighted by atomic mass is 16.3. The summed E-state index contributed by atoms with van der Waals surface area (Å²) in [4.78, 5) is 0. The first-order chi connectivity index (χ1) is 5.64. The van der Waals surface area contributed by atoms with Crippen LogP contribution in [0.25, 0.3) is 0 Å². The molecule has 0 saturated heterocycles. The van der Waals surface area contributed by atoms with Crippen LogP contribution in [0.5, 0.6) is 0 Å². The monoisotopic (exact) mass is 166 g/mol. The van der Waals surface area contributed by atoms with Gasteiger partial charge in [0, 0.05) is 0 Å². The van der Waals surface area contributed by atoms with Crippen LogP contribution in [0.4, 0.5) is 0 Å². The van der Waals surface area contributed by atoms with E-state index in [0.717, 1.165) is 6.42 Å². The van der Waals surface area contributed by atoms with Gasteiger partial charge in [-0.3, -0.25) is 0 Å². The zero-order valence-electron chi connectivity index (χ0n) is 7.84. The standard InChI is InChI=1S/C11H18O/c1-3-11(2,12)9-10-7-5-4-6-8-10/h1,10,12H,4-9H2,2H3/t11-/m0/s1. The molecule has 0 aliphatic heterocycles. The Labute approximate surface area is 75.2 Å². The van der Waals surface area contributed by atoms with E-state index in [1.54, 1.807) is 6.92 Å². The molecular weight excluding hydrogens is 148 g/mol. The van der Waals surface area contributed by atoms with Crippen molar-refractivity contribution in [2.75, 3.05) is 0 Å². The van der Waals surface area contributed by atoms with Crippen molar-refractivity contribution in [2.24, 2.45) is 5.92 Å². The summed E-state index contributed by atoms with van der Waals surface area (Å²) in [7, 11) is 0. The molecule has 1 aliphatic rings. The van der Waals surface area contributed by atoms with Crippen LogP contribution in [-0.4, -0.2) is 10.7 Å². The van der Waals surface area contributed by atoms with Crippen LogP contribution < -0.4 is 0 Å². The minimum absolute atomic E-state index is 0.657. The lowest BCUT2D eigenvalue weighted by Gasteiger charge is -2.27. The smallest absolute Gasteiger partial charge is 0.122 e. The molecule has 1 rings (SSSR count). The van der Waals surface area contributed by atoms with Crippen LogP contribution in [-0.2, 0) is 0 Å². The van der Waals surface area contributed by atoms with Gasteiger partial charge in [-0.15, -0.1) is 6.42 Å². The van der Waals surface area contributed by atoms with Crippen LogP contribution in [0.3, 0.4) is 0 Å². The lowest BCUT2D eigenvalue weighted by Crippen LogP contribution is -2.26. The molecule has 1 saturated carbocycles. The number of aliphatic hydroxyl groups is 1. The zero-order chi connectivity index (χ0) is 9.03. The molecule has 0 amide bonds. The molecule has 12 heavy (non-hydrogen) atoms. The highest BCUT2D eigenvalue weighted by Gasteiger charge is 2.23. The average molecular weight is 166 g/mol. The Balaban J connectivity index is 2.35. The second-order valence-electron chi connectivity index (χ2n) is 4.13. The average Bonchev–Trinajstić information content (AvgIpc) is 2.06. The Morgan fingerprint density at radius 1 is 1.42 bits per heavy atom. The van der Waals surface area contributed by atoms with Crippen LogP contribution in [0.15, 0.2) is 0 Å². The summed E-state index contributed by atoms with van der Waals surface area (Å²) in [6.45, 7) is 1.74. The first kappa shape index (κ1) is 9.61. The molecule has 0 unspecified atom stereocenters. The Morgan fingerprint density at radius 3 is 2.50 bits per heavy atom. The summed E-state index contributed by atoms with van der Waals surface area (Å²) in [6.07, 6.45) is 12.5. The van der Waals surface area contributed by atoms with E-state index in [-0.39, 0.29) is 0 Å². The molecule has 0 heterocycles. The highest BCUT2D eigenvalue weighted by molar-refractivity contribution is 5.05. The molecule has 1 aliphatic carbocycles. The summed E-state index contributed by atoms with van der Waals surface area (Å²) >= 11 is 0. The van der Waals surface area contributed by atoms with Crippen molar-refractivity contribution >= 4 is 0 Å². The van der Waals surface area contributed by atoms with Gasteiger partial charge in [0.25, 0.3) is 0 Å². The van der Waals surface area contributed by atoms with Crippen molar-refractivity contribution in [1.82, 2.24) is 0 Å². The van der Waals surface area contributed by atoms with E-state index in [2.05, 4.69) is 5.92 Å². The second kappa shape index (κ2) is 3.96. The SMILES string of the molecule is C#C[C@](C)(O)CC1CCCCC1. The molecule has 1 nitrogen and oxygen atoms in total. The first-order valence-electron chi connectivity index (χ1n) is 4.84. The third kappa shape index (κ3) is 2.87. The van der Waals surface area contributed by atoms with Gasteiger partial charge in [0.05, 0.1) is 0 Å². The maximum absolute atomic E-state index is 9.64. The van der Waals surface area contributed by atoms with Gasteiger partial charge >= 0.3 is 0 Å². The summed E-state index contributed by atoms with van der Waals surface area (Å²) in [5, 5.41) is 9.64. The molecule has 1 heteroatoms. The van der Waals surface area contributed by atoms with E-state index < -0.39 is 5.60 Å². The minimum Gasteiger partial charge on any atom is -0.378 e. The molecule has 0 spiro atoms. The molecule has 68 valence electrons. The lowest BCUT2D eigenvalue weighted by atomic mass is 9.82. The third-order valence-corrected chi connectivity index (χ3v) is 2.72. The van der Waals surface area contributed by atoms with Gasteiger partial charge in [-0.1, -0.05) is 38.0 Å². The molecular formula is C11H18O. The molecule has 0 aromatic carbocycles. The fourth-order valence-electron chi connectivity index (χ4n) is 2.01. The van der Waals surface area contributed by atoms with E-state index >= 15 is 0 Å². The highest BCUT2D eigenvalue weighted by Crippen LogP contribution is 2.30. The number of terminal acetylenes is 1. The van der Waals surface area contributed by atoms with Gasteiger partial charge in [-0.05, 0) is 19.3 Å². The van der Waals surface area contributed by atoms with Gasteiger partial charge in [0.15, 0.2) is 0 Å².